The fourth-order valence-electron chi connectivity index (χ4n) is 2.70. The smallest absolute Gasteiger partial charge is 0.302 e. The molecule has 4 atom stereocenters. The number of hydroxylamine groups is 2. The number of amides is 2. The monoisotopic (exact) mass is 300 g/mol. The highest BCUT2D eigenvalue weighted by atomic mass is 16.7. The normalized spacial score (nSPS) is 31.5. The van der Waals surface area contributed by atoms with E-state index >= 15 is 0 Å². The van der Waals surface area contributed by atoms with Crippen LogP contribution in [-0.2, 0) is 28.7 Å². The topological polar surface area (TPSA) is 94.2 Å². The van der Waals surface area contributed by atoms with E-state index in [4.69, 9.17) is 14.3 Å². The van der Waals surface area contributed by atoms with E-state index in [0.717, 1.165) is 5.06 Å². The van der Waals surface area contributed by atoms with Gasteiger partial charge in [0.25, 0.3) is 0 Å². The van der Waals surface area contributed by atoms with E-state index in [1.807, 2.05) is 0 Å². The molecule has 118 valence electrons. The van der Waals surface area contributed by atoms with Gasteiger partial charge in [0.1, 0.15) is 12.6 Å². The molecule has 2 saturated heterocycles. The summed E-state index contributed by atoms with van der Waals surface area (Å²) < 4.78 is 10.5. The maximum absolute atomic E-state index is 12.0. The summed E-state index contributed by atoms with van der Waals surface area (Å²) in [4.78, 5) is 40.0. The van der Waals surface area contributed by atoms with Crippen molar-refractivity contribution in [2.75, 3.05) is 20.3 Å². The first-order chi connectivity index (χ1) is 9.93. The van der Waals surface area contributed by atoms with Gasteiger partial charge in [0, 0.05) is 33.2 Å². The quantitative estimate of drug-likeness (QED) is 0.688. The van der Waals surface area contributed by atoms with Gasteiger partial charge in [-0.25, -0.2) is 5.06 Å². The highest BCUT2D eigenvalue weighted by molar-refractivity contribution is 5.87. The SMILES string of the molecule is CNC(=O)[C@@H]1[C@H]2CO[C@H](COC(C)=O)C[C@H]2ON1C(C)=O. The molecular weight excluding hydrogens is 280 g/mol. The number of carbonyl (C=O) groups is 3. The summed E-state index contributed by atoms with van der Waals surface area (Å²) in [6, 6.07) is -0.688. The van der Waals surface area contributed by atoms with Crippen LogP contribution in [0.2, 0.25) is 0 Å². The molecule has 0 saturated carbocycles. The summed E-state index contributed by atoms with van der Waals surface area (Å²) in [7, 11) is 1.52. The molecule has 0 aliphatic carbocycles. The zero-order valence-corrected chi connectivity index (χ0v) is 12.3. The van der Waals surface area contributed by atoms with Crippen molar-refractivity contribution in [2.24, 2.45) is 5.92 Å². The molecule has 0 aromatic heterocycles. The molecule has 0 aromatic carbocycles. The van der Waals surface area contributed by atoms with E-state index in [1.165, 1.54) is 20.9 Å². The first kappa shape index (κ1) is 15.7. The van der Waals surface area contributed by atoms with E-state index in [1.54, 1.807) is 0 Å². The Morgan fingerprint density at radius 2 is 2.05 bits per heavy atom. The Kier molecular flexibility index (Phi) is 4.79. The lowest BCUT2D eigenvalue weighted by atomic mass is 9.89. The van der Waals surface area contributed by atoms with Crippen molar-refractivity contribution in [1.82, 2.24) is 10.4 Å². The van der Waals surface area contributed by atoms with E-state index in [2.05, 4.69) is 5.32 Å². The lowest BCUT2D eigenvalue weighted by Crippen LogP contribution is -2.49. The minimum atomic E-state index is -0.688. The van der Waals surface area contributed by atoms with Crippen molar-refractivity contribution in [2.45, 2.75) is 38.5 Å². The molecule has 0 unspecified atom stereocenters. The Bertz CT molecular complexity index is 440. The molecule has 2 amide bonds. The third kappa shape index (κ3) is 3.33. The number of hydrogen-bond acceptors (Lipinski definition) is 6. The zero-order valence-electron chi connectivity index (χ0n) is 12.3. The van der Waals surface area contributed by atoms with Crippen LogP contribution in [0.3, 0.4) is 0 Å². The maximum atomic E-state index is 12.0. The van der Waals surface area contributed by atoms with Gasteiger partial charge in [0.05, 0.1) is 18.8 Å². The molecule has 0 bridgehead atoms. The molecule has 8 nitrogen and oxygen atoms in total. The molecule has 1 N–H and O–H groups in total. The standard InChI is InChI=1S/C13H20N2O6/c1-7(16)15-12(13(18)14-3)10-6-20-9(4-11(10)21-15)5-19-8(2)17/h9-12H,4-6H2,1-3H3,(H,14,18)/t9-,10-,11+,12-/m0/s1. The molecule has 2 fully saturated rings. The summed E-state index contributed by atoms with van der Waals surface area (Å²) in [5.41, 5.74) is 0. The molecule has 2 aliphatic rings. The van der Waals surface area contributed by atoms with E-state index in [-0.39, 0.29) is 49.1 Å². The molecule has 8 heteroatoms. The first-order valence-corrected chi connectivity index (χ1v) is 6.87. The van der Waals surface area contributed by atoms with Gasteiger partial charge in [-0.1, -0.05) is 0 Å². The van der Waals surface area contributed by atoms with E-state index < -0.39 is 6.04 Å². The molecule has 0 spiro atoms. The molecule has 0 radical (unpaired) electrons. The van der Waals surface area contributed by atoms with Gasteiger partial charge in [-0.3, -0.25) is 19.2 Å². The van der Waals surface area contributed by atoms with Gasteiger partial charge in [-0.15, -0.1) is 0 Å². The summed E-state index contributed by atoms with van der Waals surface area (Å²) in [6.45, 7) is 3.10. The Morgan fingerprint density at radius 3 is 2.62 bits per heavy atom. The molecular formula is C13H20N2O6. The van der Waals surface area contributed by atoms with E-state index in [9.17, 15) is 14.4 Å². The Balaban J connectivity index is 2.04. The van der Waals surface area contributed by atoms with Crippen LogP contribution in [0.15, 0.2) is 0 Å². The van der Waals surface area contributed by atoms with Crippen LogP contribution in [0.4, 0.5) is 0 Å². The molecule has 2 aliphatic heterocycles. The van der Waals surface area contributed by atoms with Gasteiger partial charge >= 0.3 is 5.97 Å². The largest absolute Gasteiger partial charge is 0.463 e. The first-order valence-electron chi connectivity index (χ1n) is 6.87. The van der Waals surface area contributed by atoms with Crippen LogP contribution in [0, 0.1) is 5.92 Å². The van der Waals surface area contributed by atoms with Crippen molar-refractivity contribution >= 4 is 17.8 Å². The Labute approximate surface area is 122 Å². The number of fused-ring (bicyclic) bond motifs is 1. The summed E-state index contributed by atoms with van der Waals surface area (Å²) in [6.07, 6.45) is -0.118. The number of ether oxygens (including phenoxy) is 2. The highest BCUT2D eigenvalue weighted by Gasteiger charge is 2.51. The summed E-state index contributed by atoms with van der Waals surface area (Å²) in [5, 5.41) is 3.66. The molecule has 21 heavy (non-hydrogen) atoms. The van der Waals surface area contributed by atoms with Gasteiger partial charge < -0.3 is 14.8 Å². The number of rotatable bonds is 3. The van der Waals surface area contributed by atoms with Gasteiger partial charge in [-0.05, 0) is 0 Å². The van der Waals surface area contributed by atoms with Crippen molar-refractivity contribution in [3.05, 3.63) is 0 Å². The van der Waals surface area contributed by atoms with E-state index in [0.29, 0.717) is 6.42 Å². The summed E-state index contributed by atoms with van der Waals surface area (Å²) >= 11 is 0. The van der Waals surface area contributed by atoms with Crippen LogP contribution in [0.5, 0.6) is 0 Å². The molecule has 0 aromatic rings. The average molecular weight is 300 g/mol. The van der Waals surface area contributed by atoms with Gasteiger partial charge in [-0.2, -0.15) is 0 Å². The second-order valence-electron chi connectivity index (χ2n) is 5.21. The number of nitrogens with zero attached hydrogens (tertiary/aromatic N) is 1. The highest BCUT2D eigenvalue weighted by Crippen LogP contribution is 2.35. The third-order valence-corrected chi connectivity index (χ3v) is 3.70. The fraction of sp³-hybridized carbons (Fsp3) is 0.769. The number of esters is 1. The van der Waals surface area contributed by atoms with Crippen molar-refractivity contribution in [3.8, 4) is 0 Å². The zero-order chi connectivity index (χ0) is 15.6. The maximum Gasteiger partial charge on any atom is 0.302 e. The van der Waals surface area contributed by atoms with Crippen molar-refractivity contribution < 1.29 is 28.7 Å². The van der Waals surface area contributed by atoms with Crippen LogP contribution < -0.4 is 5.32 Å². The van der Waals surface area contributed by atoms with Crippen LogP contribution in [-0.4, -0.2) is 61.4 Å². The number of hydrogen-bond donors (Lipinski definition) is 1. The van der Waals surface area contributed by atoms with Crippen LogP contribution in [0.25, 0.3) is 0 Å². The lowest BCUT2D eigenvalue weighted by Gasteiger charge is -2.30. The van der Waals surface area contributed by atoms with Gasteiger partial charge in [0.2, 0.25) is 11.8 Å². The second kappa shape index (κ2) is 6.40. The molecule has 2 heterocycles. The fourth-order valence-corrected chi connectivity index (χ4v) is 2.70. The van der Waals surface area contributed by atoms with Gasteiger partial charge in [0.15, 0.2) is 0 Å². The number of likely N-dealkylation sites (N-methyl/N-ethyl adjacent to an activating group) is 1. The Hall–Kier alpha value is -1.67. The third-order valence-electron chi connectivity index (χ3n) is 3.70. The lowest BCUT2D eigenvalue weighted by molar-refractivity contribution is -0.194. The van der Waals surface area contributed by atoms with Crippen molar-refractivity contribution in [1.29, 1.82) is 0 Å². The van der Waals surface area contributed by atoms with Crippen molar-refractivity contribution in [3.63, 3.8) is 0 Å². The number of carbonyl (C=O) groups excluding carboxylic acids is 3. The number of nitrogens with one attached hydrogen (secondary N) is 1. The predicted octanol–water partition coefficient (Wildman–Crippen LogP) is -0.768. The summed E-state index contributed by atoms with van der Waals surface area (Å²) in [5.74, 6) is -1.20. The molecule has 2 rings (SSSR count). The van der Waals surface area contributed by atoms with Crippen LogP contribution in [0.1, 0.15) is 20.3 Å². The van der Waals surface area contributed by atoms with Crippen LogP contribution >= 0.6 is 0 Å². The minimum absolute atomic E-state index is 0.145. The Morgan fingerprint density at radius 1 is 1.33 bits per heavy atom. The second-order valence-corrected chi connectivity index (χ2v) is 5.21. The predicted molar refractivity (Wildman–Crippen MR) is 69.7 cm³/mol. The minimum Gasteiger partial charge on any atom is -0.463 e. The average Bonchev–Trinajstić information content (AvgIpc) is 2.83.